The molecule has 0 aliphatic carbocycles. The topological polar surface area (TPSA) is 69.2 Å². The van der Waals surface area contributed by atoms with Crippen LogP contribution in [0.2, 0.25) is 0 Å². The first-order valence-corrected chi connectivity index (χ1v) is 9.39. The van der Waals surface area contributed by atoms with Crippen LogP contribution in [0.3, 0.4) is 0 Å². The van der Waals surface area contributed by atoms with Crippen molar-refractivity contribution < 1.29 is 9.53 Å². The summed E-state index contributed by atoms with van der Waals surface area (Å²) in [7, 11) is 6.07. The van der Waals surface area contributed by atoms with E-state index in [-0.39, 0.29) is 47.4 Å². The van der Waals surface area contributed by atoms with Crippen LogP contribution in [-0.4, -0.2) is 87.2 Å². The lowest BCUT2D eigenvalue weighted by molar-refractivity contribution is -0.133. The smallest absolute Gasteiger partial charge is 0.225 e. The number of nitrogens with zero attached hydrogens (tertiary/aromatic N) is 3. The Labute approximate surface area is 175 Å². The number of likely N-dealkylation sites (N-methyl/N-ethyl adjacent to an activating group) is 1. The number of halogens is 1. The lowest BCUT2D eigenvalue weighted by atomic mass is 9.88. The average molecular weight is 481 g/mol. The summed E-state index contributed by atoms with van der Waals surface area (Å²) in [5.74, 6) is 1.11. The number of likely N-dealkylation sites (tertiary alicyclic amines) is 1. The molecule has 2 N–H and O–H groups in total. The van der Waals surface area contributed by atoms with Crippen molar-refractivity contribution >= 4 is 35.8 Å². The van der Waals surface area contributed by atoms with Crippen LogP contribution in [0.1, 0.15) is 33.1 Å². The van der Waals surface area contributed by atoms with Crippen molar-refractivity contribution in [1.82, 2.24) is 20.4 Å². The number of hydrogen-bond acceptors (Lipinski definition) is 4. The summed E-state index contributed by atoms with van der Waals surface area (Å²) < 4.78 is 5.53. The fourth-order valence-corrected chi connectivity index (χ4v) is 3.61. The molecule has 0 bridgehead atoms. The van der Waals surface area contributed by atoms with Gasteiger partial charge in [0.1, 0.15) is 0 Å². The summed E-state index contributed by atoms with van der Waals surface area (Å²) in [4.78, 5) is 20.8. The molecule has 2 heterocycles. The molecule has 2 rings (SSSR count). The van der Waals surface area contributed by atoms with E-state index in [1.165, 1.54) is 0 Å². The fraction of sp³-hybridized carbons (Fsp3) is 0.889. The third kappa shape index (κ3) is 5.95. The molecule has 1 atom stereocenters. The van der Waals surface area contributed by atoms with E-state index < -0.39 is 0 Å². The number of carbonyl (C=O) groups excluding carboxylic acids is 1. The third-order valence-corrected chi connectivity index (χ3v) is 5.52. The van der Waals surface area contributed by atoms with E-state index in [9.17, 15) is 4.79 Å². The summed E-state index contributed by atoms with van der Waals surface area (Å²) >= 11 is 0. The van der Waals surface area contributed by atoms with E-state index in [0.29, 0.717) is 0 Å². The molecule has 0 aromatic carbocycles. The van der Waals surface area contributed by atoms with Crippen molar-refractivity contribution in [3.8, 4) is 0 Å². The zero-order valence-corrected chi connectivity index (χ0v) is 19.2. The van der Waals surface area contributed by atoms with Gasteiger partial charge in [0, 0.05) is 57.4 Å². The number of guanidine groups is 1. The summed E-state index contributed by atoms with van der Waals surface area (Å²) in [6.45, 7) is 7.94. The van der Waals surface area contributed by atoms with Crippen molar-refractivity contribution in [2.45, 2.75) is 44.7 Å². The Kier molecular flexibility index (Phi) is 9.60. The van der Waals surface area contributed by atoms with Crippen LogP contribution in [0.25, 0.3) is 0 Å². The summed E-state index contributed by atoms with van der Waals surface area (Å²) in [5, 5.41) is 6.97. The Hall–Kier alpha value is -0.610. The zero-order chi connectivity index (χ0) is 18.4. The Bertz CT molecular complexity index is 478. The number of hydrogen-bond donors (Lipinski definition) is 2. The van der Waals surface area contributed by atoms with Gasteiger partial charge in [-0.2, -0.15) is 0 Å². The maximum Gasteiger partial charge on any atom is 0.225 e. The van der Waals surface area contributed by atoms with Gasteiger partial charge in [-0.05, 0) is 33.4 Å². The van der Waals surface area contributed by atoms with Gasteiger partial charge in [-0.3, -0.25) is 9.79 Å². The maximum absolute atomic E-state index is 12.1. The van der Waals surface area contributed by atoms with E-state index in [4.69, 9.17) is 4.74 Å². The van der Waals surface area contributed by atoms with Gasteiger partial charge in [0.15, 0.2) is 5.96 Å². The van der Waals surface area contributed by atoms with Gasteiger partial charge in [0.2, 0.25) is 5.91 Å². The second-order valence-electron chi connectivity index (χ2n) is 7.73. The Morgan fingerprint density at radius 3 is 2.54 bits per heavy atom. The van der Waals surface area contributed by atoms with Crippen LogP contribution in [0.4, 0.5) is 0 Å². The van der Waals surface area contributed by atoms with Crippen molar-refractivity contribution in [1.29, 1.82) is 0 Å². The average Bonchev–Trinajstić information content (AvgIpc) is 3.06. The largest absolute Gasteiger partial charge is 0.381 e. The molecule has 1 amide bonds. The van der Waals surface area contributed by atoms with Crippen molar-refractivity contribution in [3.63, 3.8) is 0 Å². The van der Waals surface area contributed by atoms with E-state index >= 15 is 0 Å². The minimum atomic E-state index is 0. The monoisotopic (exact) mass is 481 g/mol. The van der Waals surface area contributed by atoms with Gasteiger partial charge in [0.25, 0.3) is 0 Å². The third-order valence-electron chi connectivity index (χ3n) is 5.52. The van der Waals surface area contributed by atoms with Crippen LogP contribution in [0.5, 0.6) is 0 Å². The minimum absolute atomic E-state index is 0. The van der Waals surface area contributed by atoms with E-state index in [1.807, 2.05) is 18.7 Å². The summed E-state index contributed by atoms with van der Waals surface area (Å²) in [6, 6.07) is 0.263. The first-order chi connectivity index (χ1) is 11.9. The second-order valence-corrected chi connectivity index (χ2v) is 7.73. The molecule has 2 saturated heterocycles. The molecular weight excluding hydrogens is 445 g/mol. The zero-order valence-electron chi connectivity index (χ0n) is 16.9. The van der Waals surface area contributed by atoms with Crippen molar-refractivity contribution in [3.05, 3.63) is 0 Å². The summed E-state index contributed by atoms with van der Waals surface area (Å²) in [5.41, 5.74) is 0.102. The standard InChI is InChI=1S/C18H35N5O2.HI/c1-14(2)16(24)23-9-6-15(12-23)21-17(19-3)20-13-18(22(4)5)7-10-25-11-8-18;/h14-15H,6-13H2,1-5H3,(H2,19,20,21);1H. The SMILES string of the molecule is CN=C(NCC1(N(C)C)CCOCC1)NC1CCN(C(=O)C(C)C)C1.I. The molecular formula is C18H36IN5O2. The number of ether oxygens (including phenoxy) is 1. The molecule has 0 radical (unpaired) electrons. The Morgan fingerprint density at radius 1 is 1.35 bits per heavy atom. The van der Waals surface area contributed by atoms with Gasteiger partial charge in [-0.1, -0.05) is 13.8 Å². The van der Waals surface area contributed by atoms with Crippen LogP contribution >= 0.6 is 24.0 Å². The van der Waals surface area contributed by atoms with Gasteiger partial charge < -0.3 is 25.2 Å². The maximum atomic E-state index is 12.1. The number of rotatable bonds is 5. The molecule has 2 aliphatic heterocycles. The lowest BCUT2D eigenvalue weighted by Gasteiger charge is -2.43. The lowest BCUT2D eigenvalue weighted by Crippen LogP contribution is -2.57. The Morgan fingerprint density at radius 2 is 2.00 bits per heavy atom. The van der Waals surface area contributed by atoms with Gasteiger partial charge in [-0.15, -0.1) is 24.0 Å². The fourth-order valence-electron chi connectivity index (χ4n) is 3.61. The molecule has 0 aromatic heterocycles. The van der Waals surface area contributed by atoms with Crippen LogP contribution in [-0.2, 0) is 9.53 Å². The summed E-state index contributed by atoms with van der Waals surface area (Å²) in [6.07, 6.45) is 3.00. The number of nitrogens with one attached hydrogen (secondary N) is 2. The first-order valence-electron chi connectivity index (χ1n) is 9.39. The van der Waals surface area contributed by atoms with Gasteiger partial charge >= 0.3 is 0 Å². The molecule has 8 heteroatoms. The van der Waals surface area contributed by atoms with Crippen LogP contribution in [0, 0.1) is 5.92 Å². The highest BCUT2D eigenvalue weighted by Crippen LogP contribution is 2.25. The van der Waals surface area contributed by atoms with E-state index in [1.54, 1.807) is 7.05 Å². The molecule has 0 aromatic rings. The first kappa shape index (κ1) is 23.4. The van der Waals surface area contributed by atoms with Gasteiger partial charge in [0.05, 0.1) is 0 Å². The minimum Gasteiger partial charge on any atom is -0.381 e. The highest BCUT2D eigenvalue weighted by Gasteiger charge is 2.35. The molecule has 1 unspecified atom stereocenters. The number of carbonyl (C=O) groups is 1. The second kappa shape index (κ2) is 10.7. The van der Waals surface area contributed by atoms with Gasteiger partial charge in [-0.25, -0.2) is 0 Å². The van der Waals surface area contributed by atoms with Crippen molar-refractivity contribution in [2.24, 2.45) is 10.9 Å². The molecule has 7 nitrogen and oxygen atoms in total. The van der Waals surface area contributed by atoms with Crippen LogP contribution in [0.15, 0.2) is 4.99 Å². The predicted molar refractivity (Wildman–Crippen MR) is 116 cm³/mol. The molecule has 152 valence electrons. The normalized spacial score (nSPS) is 23.1. The van der Waals surface area contributed by atoms with Crippen LogP contribution < -0.4 is 10.6 Å². The molecule has 2 aliphatic rings. The van der Waals surface area contributed by atoms with E-state index in [0.717, 1.165) is 58.1 Å². The quantitative estimate of drug-likeness (QED) is 0.350. The molecule has 26 heavy (non-hydrogen) atoms. The predicted octanol–water partition coefficient (Wildman–Crippen LogP) is 1.14. The molecule has 0 saturated carbocycles. The molecule has 2 fully saturated rings. The Balaban J connectivity index is 0.00000338. The highest BCUT2D eigenvalue weighted by atomic mass is 127. The highest BCUT2D eigenvalue weighted by molar-refractivity contribution is 14.0. The molecule has 0 spiro atoms. The van der Waals surface area contributed by atoms with Crippen molar-refractivity contribution in [2.75, 3.05) is 54.0 Å². The van der Waals surface area contributed by atoms with E-state index in [2.05, 4.69) is 34.6 Å². The number of aliphatic imine (C=N–C) groups is 1. The number of amides is 1.